The fraction of sp³-hybridized carbons (Fsp3) is 0.364. The van der Waals surface area contributed by atoms with Crippen LogP contribution >= 0.6 is 0 Å². The topological polar surface area (TPSA) is 60.0 Å². The van der Waals surface area contributed by atoms with Crippen molar-refractivity contribution >= 4 is 11.9 Å². The first-order valence-corrected chi connectivity index (χ1v) is 9.47. The van der Waals surface area contributed by atoms with Gasteiger partial charge in [-0.25, -0.2) is 0 Å². The summed E-state index contributed by atoms with van der Waals surface area (Å²) in [6.07, 6.45) is 0. The highest BCUT2D eigenvalue weighted by molar-refractivity contribution is 5.93. The van der Waals surface area contributed by atoms with Crippen molar-refractivity contribution in [2.45, 2.75) is 13.1 Å². The lowest BCUT2D eigenvalue weighted by atomic mass is 10.1. The summed E-state index contributed by atoms with van der Waals surface area (Å²) < 4.78 is 0. The molecule has 6 nitrogen and oxygen atoms in total. The number of amides is 1. The van der Waals surface area contributed by atoms with Crippen LogP contribution in [0.4, 0.5) is 0 Å². The Morgan fingerprint density at radius 1 is 0.929 bits per heavy atom. The van der Waals surface area contributed by atoms with Crippen LogP contribution in [0.2, 0.25) is 0 Å². The van der Waals surface area contributed by atoms with Gasteiger partial charge in [0, 0.05) is 52.9 Å². The molecule has 0 heterocycles. The summed E-state index contributed by atoms with van der Waals surface area (Å²) in [6.45, 7) is 3.29. The Hall–Kier alpha value is -2.86. The molecule has 0 saturated carbocycles. The maximum atomic E-state index is 11.9. The molecule has 2 aromatic rings. The molecule has 0 fully saturated rings. The summed E-state index contributed by atoms with van der Waals surface area (Å²) in [5.74, 6) is 0.776. The summed E-state index contributed by atoms with van der Waals surface area (Å²) in [7, 11) is 7.39. The molecule has 0 aliphatic carbocycles. The molecule has 6 heteroatoms. The largest absolute Gasteiger partial charge is 0.355 e. The van der Waals surface area contributed by atoms with Crippen LogP contribution in [0, 0.1) is 0 Å². The average Bonchev–Trinajstić information content (AvgIpc) is 2.71. The number of hydrogen-bond acceptors (Lipinski definition) is 3. The predicted molar refractivity (Wildman–Crippen MR) is 115 cm³/mol. The Bertz CT molecular complexity index is 756. The monoisotopic (exact) mass is 381 g/mol. The zero-order valence-electron chi connectivity index (χ0n) is 17.3. The number of nitrogens with zero attached hydrogens (tertiary/aromatic N) is 3. The fourth-order valence-electron chi connectivity index (χ4n) is 2.77. The first-order chi connectivity index (χ1) is 13.5. The third kappa shape index (κ3) is 7.04. The number of nitrogens with one attached hydrogen (secondary N) is 2. The first-order valence-electron chi connectivity index (χ1n) is 9.47. The lowest BCUT2D eigenvalue weighted by Gasteiger charge is -2.18. The van der Waals surface area contributed by atoms with Gasteiger partial charge in [-0.05, 0) is 30.3 Å². The predicted octanol–water partition coefficient (Wildman–Crippen LogP) is 2.19. The van der Waals surface area contributed by atoms with E-state index in [9.17, 15) is 4.79 Å². The smallest absolute Gasteiger partial charge is 0.253 e. The minimum atomic E-state index is 0.0107. The van der Waals surface area contributed by atoms with Crippen LogP contribution < -0.4 is 10.6 Å². The molecule has 0 aliphatic rings. The molecule has 0 spiro atoms. The number of carbonyl (C=O) groups is 1. The van der Waals surface area contributed by atoms with E-state index in [2.05, 4.69) is 51.8 Å². The van der Waals surface area contributed by atoms with E-state index in [1.54, 1.807) is 26.0 Å². The summed E-state index contributed by atoms with van der Waals surface area (Å²) >= 11 is 0. The Morgan fingerprint density at radius 3 is 2.21 bits per heavy atom. The van der Waals surface area contributed by atoms with Crippen molar-refractivity contribution in [2.24, 2.45) is 4.99 Å². The summed E-state index contributed by atoms with van der Waals surface area (Å²) in [5.41, 5.74) is 3.10. The van der Waals surface area contributed by atoms with Gasteiger partial charge in [0.25, 0.3) is 5.91 Å². The highest BCUT2D eigenvalue weighted by Gasteiger charge is 2.07. The van der Waals surface area contributed by atoms with Crippen molar-refractivity contribution in [1.29, 1.82) is 0 Å². The quantitative estimate of drug-likeness (QED) is 0.544. The second-order valence-corrected chi connectivity index (χ2v) is 6.97. The van der Waals surface area contributed by atoms with Crippen molar-refractivity contribution < 1.29 is 4.79 Å². The van der Waals surface area contributed by atoms with E-state index in [1.165, 1.54) is 5.56 Å². The van der Waals surface area contributed by atoms with E-state index in [0.717, 1.165) is 31.2 Å². The van der Waals surface area contributed by atoms with E-state index < -0.39 is 0 Å². The van der Waals surface area contributed by atoms with E-state index >= 15 is 0 Å². The summed E-state index contributed by atoms with van der Waals surface area (Å²) in [4.78, 5) is 20.1. The Morgan fingerprint density at radius 2 is 1.61 bits per heavy atom. The molecule has 28 heavy (non-hydrogen) atoms. The molecule has 0 radical (unpaired) electrons. The lowest BCUT2D eigenvalue weighted by Crippen LogP contribution is -2.40. The van der Waals surface area contributed by atoms with Crippen LogP contribution in [0.1, 0.15) is 21.5 Å². The molecule has 150 valence electrons. The number of carbonyl (C=O) groups excluding carboxylic acids is 1. The normalized spacial score (nSPS) is 11.4. The maximum absolute atomic E-state index is 11.9. The second-order valence-electron chi connectivity index (χ2n) is 6.97. The van der Waals surface area contributed by atoms with E-state index in [-0.39, 0.29) is 5.91 Å². The first kappa shape index (κ1) is 21.4. The summed E-state index contributed by atoms with van der Waals surface area (Å²) in [5, 5.41) is 6.64. The number of hydrogen-bond donors (Lipinski definition) is 2. The SMILES string of the molecule is CN=C(NCCN(C)Cc1ccccc1)NCc1ccc(C(=O)N(C)C)cc1. The molecule has 2 aromatic carbocycles. The van der Waals surface area contributed by atoms with Gasteiger partial charge in [0.2, 0.25) is 0 Å². The Kier molecular flexibility index (Phi) is 8.49. The van der Waals surface area contributed by atoms with Gasteiger partial charge in [0.05, 0.1) is 0 Å². The zero-order chi connectivity index (χ0) is 20.4. The van der Waals surface area contributed by atoms with E-state index in [1.807, 2.05) is 30.3 Å². The molecule has 0 unspecified atom stereocenters. The van der Waals surface area contributed by atoms with E-state index in [0.29, 0.717) is 12.1 Å². The van der Waals surface area contributed by atoms with Gasteiger partial charge in [-0.3, -0.25) is 9.79 Å². The maximum Gasteiger partial charge on any atom is 0.253 e. The summed E-state index contributed by atoms with van der Waals surface area (Å²) in [6, 6.07) is 18.1. The van der Waals surface area contributed by atoms with E-state index in [4.69, 9.17) is 0 Å². The van der Waals surface area contributed by atoms with Crippen LogP contribution in [-0.4, -0.2) is 62.9 Å². The standard InChI is InChI=1S/C22H31N5O/c1-23-22(24-14-15-27(4)17-19-8-6-5-7-9-19)25-16-18-10-12-20(13-11-18)21(28)26(2)3/h5-13H,14-17H2,1-4H3,(H2,23,24,25). The van der Waals surface area contributed by atoms with Gasteiger partial charge in [0.15, 0.2) is 5.96 Å². The Labute approximate surface area is 168 Å². The molecule has 0 aliphatic heterocycles. The molecule has 2 rings (SSSR count). The van der Waals surface area contributed by atoms with Gasteiger partial charge in [0.1, 0.15) is 0 Å². The minimum absolute atomic E-state index is 0.0107. The van der Waals surface area contributed by atoms with Gasteiger partial charge in [-0.1, -0.05) is 42.5 Å². The van der Waals surface area contributed by atoms with Crippen molar-refractivity contribution in [2.75, 3.05) is 41.3 Å². The molecule has 1 amide bonds. The molecule has 2 N–H and O–H groups in total. The molecule has 0 bridgehead atoms. The van der Waals surface area contributed by atoms with Gasteiger partial charge in [-0.2, -0.15) is 0 Å². The van der Waals surface area contributed by atoms with Crippen LogP contribution in [-0.2, 0) is 13.1 Å². The number of guanidine groups is 1. The third-order valence-corrected chi connectivity index (χ3v) is 4.37. The van der Waals surface area contributed by atoms with Crippen LogP contribution in [0.25, 0.3) is 0 Å². The van der Waals surface area contributed by atoms with Gasteiger partial charge >= 0.3 is 0 Å². The molecular weight excluding hydrogens is 350 g/mol. The number of likely N-dealkylation sites (N-methyl/N-ethyl adjacent to an activating group) is 1. The van der Waals surface area contributed by atoms with Crippen molar-refractivity contribution in [3.05, 3.63) is 71.3 Å². The fourth-order valence-corrected chi connectivity index (χ4v) is 2.77. The molecular formula is C22H31N5O. The highest BCUT2D eigenvalue weighted by Crippen LogP contribution is 2.06. The van der Waals surface area contributed by atoms with Crippen LogP contribution in [0.15, 0.2) is 59.6 Å². The highest BCUT2D eigenvalue weighted by atomic mass is 16.2. The Balaban J connectivity index is 1.73. The van der Waals surface area contributed by atoms with Crippen LogP contribution in [0.3, 0.4) is 0 Å². The lowest BCUT2D eigenvalue weighted by molar-refractivity contribution is 0.0827. The average molecular weight is 382 g/mol. The number of aliphatic imine (C=N–C) groups is 1. The van der Waals surface area contributed by atoms with Crippen LogP contribution in [0.5, 0.6) is 0 Å². The second kappa shape index (κ2) is 11.1. The zero-order valence-corrected chi connectivity index (χ0v) is 17.3. The van der Waals surface area contributed by atoms with Gasteiger partial charge in [-0.15, -0.1) is 0 Å². The molecule has 0 atom stereocenters. The molecule has 0 aromatic heterocycles. The van der Waals surface area contributed by atoms with Gasteiger partial charge < -0.3 is 20.4 Å². The third-order valence-electron chi connectivity index (χ3n) is 4.37. The van der Waals surface area contributed by atoms with Crippen molar-refractivity contribution in [3.8, 4) is 0 Å². The number of rotatable bonds is 8. The number of benzene rings is 2. The molecule has 0 saturated heterocycles. The van der Waals surface area contributed by atoms with Crippen molar-refractivity contribution in [3.63, 3.8) is 0 Å². The van der Waals surface area contributed by atoms with Crippen molar-refractivity contribution in [1.82, 2.24) is 20.4 Å². The minimum Gasteiger partial charge on any atom is -0.355 e.